The van der Waals surface area contributed by atoms with Crippen LogP contribution in [0.3, 0.4) is 0 Å². The average molecular weight is 954 g/mol. The fourth-order valence-electron chi connectivity index (χ4n) is 7.15. The number of benzene rings is 6. The molecule has 6 aromatic rings. The summed E-state index contributed by atoms with van der Waals surface area (Å²) in [5.74, 6) is -1.66. The number of aliphatic imine (C=N–C) groups is 6. The topological polar surface area (TPSA) is 158 Å². The zero-order valence-corrected chi connectivity index (χ0v) is 35.1. The summed E-state index contributed by atoms with van der Waals surface area (Å²) < 4.78 is 125. The monoisotopic (exact) mass is 953 g/mol. The number of alkyl halides is 9. The van der Waals surface area contributed by atoms with E-state index in [1.165, 1.54) is 92.4 Å². The van der Waals surface area contributed by atoms with E-state index in [4.69, 9.17) is 30.0 Å². The molecule has 0 saturated heterocycles. The molecule has 13 nitrogen and oxygen atoms in total. The predicted octanol–water partition coefficient (Wildman–Crippen LogP) is 11.7. The number of halogens is 9. The second-order valence-corrected chi connectivity index (χ2v) is 14.9. The van der Waals surface area contributed by atoms with Crippen LogP contribution in [0.25, 0.3) is 0 Å². The Kier molecular flexibility index (Phi) is 11.4. The van der Waals surface area contributed by atoms with Crippen LogP contribution in [-0.2, 0) is 18.5 Å². The minimum atomic E-state index is -4.71. The zero-order valence-electron chi connectivity index (χ0n) is 35.1. The summed E-state index contributed by atoms with van der Waals surface area (Å²) in [5.41, 5.74) is -1.26. The van der Waals surface area contributed by atoms with Crippen LogP contribution in [0.2, 0.25) is 0 Å². The van der Waals surface area contributed by atoms with Gasteiger partial charge in [-0.1, -0.05) is 0 Å². The van der Waals surface area contributed by atoms with Crippen LogP contribution in [0.5, 0.6) is 0 Å². The van der Waals surface area contributed by atoms with E-state index in [9.17, 15) is 55.3 Å². The van der Waals surface area contributed by atoms with Gasteiger partial charge in [0.05, 0.1) is 51.6 Å². The Morgan fingerprint density at radius 1 is 0.314 bits per heavy atom. The number of anilines is 6. The Morgan fingerprint density at radius 3 is 0.700 bits per heavy atom. The molecule has 0 N–H and O–H groups in total. The number of guanidine groups is 6. The van der Waals surface area contributed by atoms with Crippen LogP contribution in [0.1, 0.15) is 33.4 Å². The first-order chi connectivity index (χ1) is 33.4. The van der Waals surface area contributed by atoms with Crippen LogP contribution in [-0.4, -0.2) is 40.7 Å². The number of hydrogen-bond donors (Lipinski definition) is 0. The highest BCUT2D eigenvalue weighted by Gasteiger charge is 2.40. The standard InChI is InChI=1S/C48H24F9N13/c49-46(50,51)31-7-19-37(20-8-31)67(34-13-1-28(25-58)2-14-34)40-61-43-63-41(68(35-15-3-29(26-59)4-16-35)38-21-9-32(10-22-38)47(52,53)54)65-45-66-42(64-44(62-40)70(43)45)69(36-17-5-30(27-60)6-18-36)39-23-11-33(12-24-39)48(55,56)57/h1-24H. The minimum Gasteiger partial charge on any atom is -0.279 e. The highest BCUT2D eigenvalue weighted by atomic mass is 19.4. The first-order valence-corrected chi connectivity index (χ1v) is 20.2. The lowest BCUT2D eigenvalue weighted by Gasteiger charge is -2.36. The Bertz CT molecular complexity index is 2980. The summed E-state index contributed by atoms with van der Waals surface area (Å²) in [6.45, 7) is 0. The van der Waals surface area contributed by atoms with Gasteiger partial charge < -0.3 is 0 Å². The molecule has 0 saturated carbocycles. The van der Waals surface area contributed by atoms with E-state index < -0.39 is 35.2 Å². The van der Waals surface area contributed by atoms with Crippen molar-refractivity contribution in [2.45, 2.75) is 18.5 Å². The van der Waals surface area contributed by atoms with Gasteiger partial charge in [0.15, 0.2) is 0 Å². The van der Waals surface area contributed by atoms with E-state index in [1.807, 2.05) is 18.2 Å². The van der Waals surface area contributed by atoms with Gasteiger partial charge >= 0.3 is 18.5 Å². The molecule has 70 heavy (non-hydrogen) atoms. The van der Waals surface area contributed by atoms with E-state index in [0.717, 1.165) is 72.8 Å². The van der Waals surface area contributed by atoms with E-state index in [2.05, 4.69) is 0 Å². The number of hydrogen-bond acceptors (Lipinski definition) is 13. The van der Waals surface area contributed by atoms with Crippen molar-refractivity contribution in [1.29, 1.82) is 15.8 Å². The molecule has 3 heterocycles. The van der Waals surface area contributed by atoms with Crippen LogP contribution >= 0.6 is 0 Å². The van der Waals surface area contributed by atoms with Crippen LogP contribution in [0.4, 0.5) is 73.6 Å². The minimum absolute atomic E-state index is 0.0846. The molecule has 0 aliphatic carbocycles. The molecule has 0 atom stereocenters. The summed E-state index contributed by atoms with van der Waals surface area (Å²) in [6.07, 6.45) is -14.1. The molecule has 3 aliphatic rings. The van der Waals surface area contributed by atoms with E-state index in [1.54, 1.807) is 0 Å². The predicted molar refractivity (Wildman–Crippen MR) is 241 cm³/mol. The maximum atomic E-state index is 13.8. The molecule has 22 heteroatoms. The lowest BCUT2D eigenvalue weighted by atomic mass is 10.1. The third-order valence-electron chi connectivity index (χ3n) is 10.5. The van der Waals surface area contributed by atoms with Gasteiger partial charge in [-0.05, 0) is 146 Å². The van der Waals surface area contributed by atoms with Gasteiger partial charge in [-0.2, -0.15) is 85.3 Å². The van der Waals surface area contributed by atoms with Crippen molar-refractivity contribution < 1.29 is 39.5 Å². The molecule has 0 fully saturated rings. The van der Waals surface area contributed by atoms with Gasteiger partial charge in [-0.15, -0.1) is 0 Å². The molecular weight excluding hydrogens is 930 g/mol. The molecular formula is C48H24F9N13. The summed E-state index contributed by atoms with van der Waals surface area (Å²) in [4.78, 5) is 33.6. The molecule has 3 aliphatic heterocycles. The Labute approximate surface area is 389 Å². The molecule has 0 aromatic heterocycles. The maximum Gasteiger partial charge on any atom is 0.416 e. The first kappa shape index (κ1) is 45.5. The third kappa shape index (κ3) is 8.97. The van der Waals surface area contributed by atoms with Crippen molar-refractivity contribution in [3.05, 3.63) is 179 Å². The van der Waals surface area contributed by atoms with Crippen molar-refractivity contribution in [2.24, 2.45) is 30.0 Å². The first-order valence-electron chi connectivity index (χ1n) is 20.2. The smallest absolute Gasteiger partial charge is 0.279 e. The second kappa shape index (κ2) is 17.6. The Balaban J connectivity index is 1.30. The molecule has 0 spiro atoms. The van der Waals surface area contributed by atoms with Gasteiger partial charge in [0, 0.05) is 34.1 Å². The molecule has 0 amide bonds. The largest absolute Gasteiger partial charge is 0.416 e. The second-order valence-electron chi connectivity index (χ2n) is 14.9. The highest BCUT2D eigenvalue weighted by molar-refractivity contribution is 6.34. The summed E-state index contributed by atoms with van der Waals surface area (Å²) in [6, 6.07) is 35.5. The van der Waals surface area contributed by atoms with Crippen molar-refractivity contribution in [3.8, 4) is 18.2 Å². The fraction of sp³-hybridized carbons (Fsp3) is 0.0625. The molecule has 344 valence electrons. The molecule has 6 aromatic carbocycles. The summed E-state index contributed by atoms with van der Waals surface area (Å²) >= 11 is 0. The Morgan fingerprint density at radius 2 is 0.514 bits per heavy atom. The molecule has 0 radical (unpaired) electrons. The van der Waals surface area contributed by atoms with Gasteiger partial charge in [0.25, 0.3) is 0 Å². The number of nitriles is 3. The SMILES string of the molecule is N#Cc1ccc(N(C2=NC3=NC(N(c4ccc(C#N)cc4)c4ccc(C(F)(F)F)cc4)=NC4=NC(N(c5ccc(C#N)cc5)c5ccc(C(F)(F)F)cc5)=NC(=N2)N34)c2ccc(C(F)(F)F)cc2)cc1. The van der Waals surface area contributed by atoms with Crippen molar-refractivity contribution in [2.75, 3.05) is 14.7 Å². The zero-order chi connectivity index (χ0) is 49.5. The van der Waals surface area contributed by atoms with Crippen LogP contribution in [0, 0.1) is 34.0 Å². The van der Waals surface area contributed by atoms with E-state index in [0.29, 0.717) is 0 Å². The number of rotatable bonds is 6. The quantitative estimate of drug-likeness (QED) is 0.150. The van der Waals surface area contributed by atoms with E-state index >= 15 is 0 Å². The number of nitrogens with zero attached hydrogens (tertiary/aromatic N) is 13. The summed E-state index contributed by atoms with van der Waals surface area (Å²) in [5, 5.41) is 28.7. The van der Waals surface area contributed by atoms with Crippen molar-refractivity contribution in [3.63, 3.8) is 0 Å². The lowest BCUT2D eigenvalue weighted by Crippen LogP contribution is -2.51. The Hall–Kier alpha value is -9.62. The highest BCUT2D eigenvalue weighted by Crippen LogP contribution is 2.38. The van der Waals surface area contributed by atoms with E-state index in [-0.39, 0.29) is 86.6 Å². The molecule has 0 bridgehead atoms. The fourth-order valence-corrected chi connectivity index (χ4v) is 7.15. The van der Waals surface area contributed by atoms with Crippen molar-refractivity contribution >= 4 is 69.9 Å². The van der Waals surface area contributed by atoms with Crippen LogP contribution in [0.15, 0.2) is 176 Å². The molecule has 0 unspecified atom stereocenters. The maximum absolute atomic E-state index is 13.8. The third-order valence-corrected chi connectivity index (χ3v) is 10.5. The van der Waals surface area contributed by atoms with Gasteiger partial charge in [0.1, 0.15) is 0 Å². The normalized spacial score (nSPS) is 14.2. The average Bonchev–Trinajstić information content (AvgIpc) is 3.34. The van der Waals surface area contributed by atoms with Crippen LogP contribution < -0.4 is 14.7 Å². The molecule has 9 rings (SSSR count). The van der Waals surface area contributed by atoms with Gasteiger partial charge in [-0.3, -0.25) is 14.7 Å². The van der Waals surface area contributed by atoms with Crippen molar-refractivity contribution in [1.82, 2.24) is 4.90 Å². The van der Waals surface area contributed by atoms with Gasteiger partial charge in [0.2, 0.25) is 35.8 Å². The lowest BCUT2D eigenvalue weighted by molar-refractivity contribution is -0.138. The van der Waals surface area contributed by atoms with Gasteiger partial charge in [-0.25, -0.2) is 4.90 Å². The summed E-state index contributed by atoms with van der Waals surface area (Å²) in [7, 11) is 0.